The van der Waals surface area contributed by atoms with Gasteiger partial charge >= 0.3 is 0 Å². The van der Waals surface area contributed by atoms with Gasteiger partial charge in [-0.1, -0.05) is 23.4 Å². The number of halogens is 1. The second-order valence-corrected chi connectivity index (χ2v) is 4.87. The van der Waals surface area contributed by atoms with E-state index in [2.05, 4.69) is 14.9 Å². The minimum atomic E-state index is 0.163. The topological polar surface area (TPSA) is 49.2 Å². The second-order valence-electron chi connectivity index (χ2n) is 3.71. The first-order valence-corrected chi connectivity index (χ1v) is 6.81. The molecule has 1 aliphatic heterocycles. The van der Waals surface area contributed by atoms with E-state index >= 15 is 0 Å². The average molecular weight is 260 g/mol. The van der Waals surface area contributed by atoms with E-state index in [9.17, 15) is 5.11 Å². The van der Waals surface area contributed by atoms with Gasteiger partial charge in [-0.05, 0) is 19.1 Å². The Kier molecular flexibility index (Phi) is 3.89. The Hall–Kier alpha value is -0.520. The van der Waals surface area contributed by atoms with Crippen molar-refractivity contribution in [3.8, 4) is 0 Å². The third-order valence-electron chi connectivity index (χ3n) is 2.73. The molecule has 1 aliphatic rings. The summed E-state index contributed by atoms with van der Waals surface area (Å²) in [6.07, 6.45) is 4.01. The Balaban J connectivity index is 2.28. The van der Waals surface area contributed by atoms with Gasteiger partial charge in [-0.25, -0.2) is 9.97 Å². The molecule has 1 aromatic rings. The van der Waals surface area contributed by atoms with Crippen LogP contribution in [0.3, 0.4) is 0 Å². The van der Waals surface area contributed by atoms with Crippen molar-refractivity contribution in [1.29, 1.82) is 0 Å². The van der Waals surface area contributed by atoms with Gasteiger partial charge in [-0.2, -0.15) is 0 Å². The molecular weight excluding hydrogens is 246 g/mol. The number of hydrogen-bond donors (Lipinski definition) is 1. The Morgan fingerprint density at radius 2 is 2.44 bits per heavy atom. The zero-order chi connectivity index (χ0) is 11.5. The lowest BCUT2D eigenvalue weighted by atomic mass is 10.2. The number of hydrogen-bond acceptors (Lipinski definition) is 5. The maximum atomic E-state index is 9.27. The molecule has 1 saturated heterocycles. The first-order valence-electron chi connectivity index (χ1n) is 5.20. The molecule has 16 heavy (non-hydrogen) atoms. The summed E-state index contributed by atoms with van der Waals surface area (Å²) in [4.78, 5) is 10.6. The zero-order valence-corrected chi connectivity index (χ0v) is 10.6. The van der Waals surface area contributed by atoms with Crippen LogP contribution in [0, 0.1) is 0 Å². The van der Waals surface area contributed by atoms with Gasteiger partial charge in [0.2, 0.25) is 0 Å². The Morgan fingerprint density at radius 1 is 1.62 bits per heavy atom. The van der Waals surface area contributed by atoms with Crippen LogP contribution in [0.2, 0.25) is 5.15 Å². The molecule has 1 N–H and O–H groups in total. The predicted octanol–water partition coefficient (Wildman–Crippen LogP) is 1.81. The molecule has 1 atom stereocenters. The fourth-order valence-electron chi connectivity index (χ4n) is 1.95. The number of anilines is 1. The van der Waals surface area contributed by atoms with Crippen LogP contribution < -0.4 is 4.90 Å². The molecule has 0 saturated carbocycles. The number of aliphatic hydroxyl groups excluding tert-OH is 1. The highest BCUT2D eigenvalue weighted by Gasteiger charge is 2.25. The van der Waals surface area contributed by atoms with Crippen molar-refractivity contribution in [1.82, 2.24) is 9.97 Å². The minimum Gasteiger partial charge on any atom is -0.394 e. The van der Waals surface area contributed by atoms with E-state index in [1.54, 1.807) is 6.07 Å². The van der Waals surface area contributed by atoms with Crippen LogP contribution in [0.5, 0.6) is 0 Å². The Bertz CT molecular complexity index is 377. The largest absolute Gasteiger partial charge is 0.394 e. The van der Waals surface area contributed by atoms with Crippen molar-refractivity contribution in [2.45, 2.75) is 24.0 Å². The van der Waals surface area contributed by atoms with Crippen LogP contribution in [0.25, 0.3) is 0 Å². The predicted molar refractivity (Wildman–Crippen MR) is 66.3 cm³/mol. The SMILES string of the molecule is CSc1nc(Cl)cc(N2CCCC2CO)n1. The smallest absolute Gasteiger partial charge is 0.190 e. The highest BCUT2D eigenvalue weighted by atomic mass is 35.5. The fraction of sp³-hybridized carbons (Fsp3) is 0.600. The maximum Gasteiger partial charge on any atom is 0.190 e. The molecule has 2 rings (SSSR count). The number of rotatable bonds is 3. The monoisotopic (exact) mass is 259 g/mol. The molecular formula is C10H14ClN3OS. The summed E-state index contributed by atoms with van der Waals surface area (Å²) < 4.78 is 0. The van der Waals surface area contributed by atoms with Gasteiger partial charge in [0.25, 0.3) is 0 Å². The third-order valence-corrected chi connectivity index (χ3v) is 3.47. The summed E-state index contributed by atoms with van der Waals surface area (Å²) in [6.45, 7) is 1.09. The number of aliphatic hydroxyl groups is 1. The lowest BCUT2D eigenvalue weighted by Crippen LogP contribution is -2.32. The van der Waals surface area contributed by atoms with Crippen molar-refractivity contribution in [2.24, 2.45) is 0 Å². The summed E-state index contributed by atoms with van der Waals surface area (Å²) in [5.41, 5.74) is 0. The molecule has 4 nitrogen and oxygen atoms in total. The molecule has 0 amide bonds. The normalized spacial score (nSPS) is 20.4. The van der Waals surface area contributed by atoms with E-state index in [1.165, 1.54) is 11.8 Å². The van der Waals surface area contributed by atoms with Crippen LogP contribution >= 0.6 is 23.4 Å². The van der Waals surface area contributed by atoms with Crippen molar-refractivity contribution >= 4 is 29.2 Å². The highest BCUT2D eigenvalue weighted by molar-refractivity contribution is 7.98. The summed E-state index contributed by atoms with van der Waals surface area (Å²) in [7, 11) is 0. The van der Waals surface area contributed by atoms with E-state index in [4.69, 9.17) is 11.6 Å². The quantitative estimate of drug-likeness (QED) is 0.510. The average Bonchev–Trinajstić information content (AvgIpc) is 2.76. The summed E-state index contributed by atoms with van der Waals surface area (Å²) in [6, 6.07) is 1.93. The van der Waals surface area contributed by atoms with Crippen LogP contribution in [-0.4, -0.2) is 40.5 Å². The lowest BCUT2D eigenvalue weighted by Gasteiger charge is -2.24. The van der Waals surface area contributed by atoms with Gasteiger partial charge in [0, 0.05) is 12.6 Å². The summed E-state index contributed by atoms with van der Waals surface area (Å²) in [5, 5.41) is 10.4. The zero-order valence-electron chi connectivity index (χ0n) is 9.06. The summed E-state index contributed by atoms with van der Waals surface area (Å²) in [5.74, 6) is 0.820. The number of nitrogens with zero attached hydrogens (tertiary/aromatic N) is 3. The third kappa shape index (κ3) is 2.42. The van der Waals surface area contributed by atoms with Crippen molar-refractivity contribution in [3.63, 3.8) is 0 Å². The van der Waals surface area contributed by atoms with E-state index < -0.39 is 0 Å². The molecule has 0 aliphatic carbocycles. The molecule has 2 heterocycles. The summed E-state index contributed by atoms with van der Waals surface area (Å²) >= 11 is 7.41. The molecule has 88 valence electrons. The fourth-order valence-corrected chi connectivity index (χ4v) is 2.55. The van der Waals surface area contributed by atoms with Crippen LogP contribution in [0.4, 0.5) is 5.82 Å². The second kappa shape index (κ2) is 5.21. The van der Waals surface area contributed by atoms with Crippen LogP contribution in [-0.2, 0) is 0 Å². The standard InChI is InChI=1S/C10H14ClN3OS/c1-16-10-12-8(11)5-9(13-10)14-4-2-3-7(14)6-15/h5,7,15H,2-4,6H2,1H3. The number of aromatic nitrogens is 2. The van der Waals surface area contributed by atoms with Gasteiger partial charge in [-0.3, -0.25) is 0 Å². The molecule has 0 aromatic carbocycles. The van der Waals surface area contributed by atoms with Crippen molar-refractivity contribution in [3.05, 3.63) is 11.2 Å². The molecule has 0 radical (unpaired) electrons. The first-order chi connectivity index (χ1) is 7.74. The molecule has 0 bridgehead atoms. The van der Waals surface area contributed by atoms with E-state index in [0.717, 1.165) is 25.2 Å². The first kappa shape index (κ1) is 12.0. The van der Waals surface area contributed by atoms with Crippen LogP contribution in [0.15, 0.2) is 11.2 Å². The molecule has 1 fully saturated rings. The van der Waals surface area contributed by atoms with Gasteiger partial charge in [0.15, 0.2) is 5.16 Å². The van der Waals surface area contributed by atoms with E-state index in [-0.39, 0.29) is 12.6 Å². The highest BCUT2D eigenvalue weighted by Crippen LogP contribution is 2.26. The van der Waals surface area contributed by atoms with E-state index in [0.29, 0.717) is 10.3 Å². The van der Waals surface area contributed by atoms with Gasteiger partial charge < -0.3 is 10.0 Å². The van der Waals surface area contributed by atoms with Gasteiger partial charge in [-0.15, -0.1) is 0 Å². The minimum absolute atomic E-state index is 0.163. The Morgan fingerprint density at radius 3 is 3.12 bits per heavy atom. The molecule has 1 aromatic heterocycles. The molecule has 1 unspecified atom stereocenters. The number of thioether (sulfide) groups is 1. The molecule has 0 spiro atoms. The van der Waals surface area contributed by atoms with Gasteiger partial charge in [0.1, 0.15) is 11.0 Å². The van der Waals surface area contributed by atoms with Crippen LogP contribution in [0.1, 0.15) is 12.8 Å². The van der Waals surface area contributed by atoms with E-state index in [1.807, 2.05) is 6.26 Å². The Labute approximate surface area is 104 Å². The van der Waals surface area contributed by atoms with Gasteiger partial charge in [0.05, 0.1) is 12.6 Å². The molecule has 6 heteroatoms. The van der Waals surface area contributed by atoms with Crippen molar-refractivity contribution < 1.29 is 5.11 Å². The maximum absolute atomic E-state index is 9.27. The lowest BCUT2D eigenvalue weighted by molar-refractivity contribution is 0.266. The van der Waals surface area contributed by atoms with Crippen molar-refractivity contribution in [2.75, 3.05) is 24.3 Å².